The summed E-state index contributed by atoms with van der Waals surface area (Å²) in [6, 6.07) is 17.3. The van der Waals surface area contributed by atoms with Gasteiger partial charge in [-0.3, -0.25) is 4.79 Å². The van der Waals surface area contributed by atoms with Crippen molar-refractivity contribution in [1.82, 2.24) is 0 Å². The fourth-order valence-corrected chi connectivity index (χ4v) is 3.27. The van der Waals surface area contributed by atoms with Crippen LogP contribution in [0.4, 0.5) is 5.69 Å². The molecule has 0 aliphatic heterocycles. The van der Waals surface area contributed by atoms with Gasteiger partial charge in [0, 0.05) is 11.3 Å². The molecule has 0 fully saturated rings. The molecule has 0 saturated carbocycles. The number of aryl methyl sites for hydroxylation is 3. The van der Waals surface area contributed by atoms with Gasteiger partial charge in [-0.1, -0.05) is 53.6 Å². The molecule has 0 atom stereocenters. The second-order valence-electron chi connectivity index (χ2n) is 7.27. The topological polar surface area (TPSA) is 47.6 Å². The van der Waals surface area contributed by atoms with Crippen LogP contribution in [0.5, 0.6) is 11.5 Å². The number of carbonyl (C=O) groups excluding carboxylic acids is 1. The minimum absolute atomic E-state index is 0.253. The summed E-state index contributed by atoms with van der Waals surface area (Å²) >= 11 is 6.48. The van der Waals surface area contributed by atoms with Gasteiger partial charge in [0.25, 0.3) is 5.91 Å². The zero-order valence-electron chi connectivity index (χ0n) is 17.7. The maximum absolute atomic E-state index is 12.8. The summed E-state index contributed by atoms with van der Waals surface area (Å²) in [5, 5.41) is 3.29. The van der Waals surface area contributed by atoms with E-state index in [-0.39, 0.29) is 5.91 Å². The van der Waals surface area contributed by atoms with Gasteiger partial charge in [0.15, 0.2) is 11.5 Å². The van der Waals surface area contributed by atoms with Crippen LogP contribution in [0.25, 0.3) is 0 Å². The summed E-state index contributed by atoms with van der Waals surface area (Å²) in [7, 11) is 0. The maximum atomic E-state index is 12.8. The van der Waals surface area contributed by atoms with Crippen LogP contribution in [0.1, 0.15) is 39.5 Å². The Morgan fingerprint density at radius 2 is 1.63 bits per heavy atom. The lowest BCUT2D eigenvalue weighted by atomic mass is 10.1. The van der Waals surface area contributed by atoms with Crippen LogP contribution in [-0.2, 0) is 6.61 Å². The second kappa shape index (κ2) is 9.68. The fraction of sp³-hybridized carbons (Fsp3) is 0.240. The van der Waals surface area contributed by atoms with Gasteiger partial charge in [0.05, 0.1) is 11.6 Å². The van der Waals surface area contributed by atoms with E-state index in [0.717, 1.165) is 22.4 Å². The number of ether oxygens (including phenoxy) is 2. The molecule has 1 N–H and O–H groups in total. The lowest BCUT2D eigenvalue weighted by Crippen LogP contribution is -2.13. The lowest BCUT2D eigenvalue weighted by Gasteiger charge is -2.16. The van der Waals surface area contributed by atoms with E-state index in [9.17, 15) is 4.79 Å². The van der Waals surface area contributed by atoms with E-state index < -0.39 is 0 Å². The number of nitrogens with one attached hydrogen (secondary N) is 1. The van der Waals surface area contributed by atoms with Crippen molar-refractivity contribution in [1.29, 1.82) is 0 Å². The molecule has 0 aliphatic rings. The quantitative estimate of drug-likeness (QED) is 0.472. The van der Waals surface area contributed by atoms with Crippen molar-refractivity contribution in [2.75, 3.05) is 11.9 Å². The maximum Gasteiger partial charge on any atom is 0.255 e. The molecule has 3 aromatic carbocycles. The number of carbonyl (C=O) groups is 1. The predicted molar refractivity (Wildman–Crippen MR) is 122 cm³/mol. The summed E-state index contributed by atoms with van der Waals surface area (Å²) in [5.74, 6) is 0.627. The molecule has 3 rings (SSSR count). The van der Waals surface area contributed by atoms with Gasteiger partial charge >= 0.3 is 0 Å². The second-order valence-corrected chi connectivity index (χ2v) is 7.67. The largest absolute Gasteiger partial charge is 0.490 e. The molecule has 1 amide bonds. The first kappa shape index (κ1) is 21.7. The first-order valence-corrected chi connectivity index (χ1v) is 10.3. The van der Waals surface area contributed by atoms with Gasteiger partial charge in [-0.25, -0.2) is 0 Å². The van der Waals surface area contributed by atoms with Crippen molar-refractivity contribution in [3.8, 4) is 11.5 Å². The highest BCUT2D eigenvalue weighted by molar-refractivity contribution is 6.32. The Morgan fingerprint density at radius 3 is 2.33 bits per heavy atom. The molecule has 4 nitrogen and oxygen atoms in total. The molecule has 0 bridgehead atoms. The monoisotopic (exact) mass is 423 g/mol. The van der Waals surface area contributed by atoms with Crippen LogP contribution in [0.3, 0.4) is 0 Å². The molecular weight excluding hydrogens is 398 g/mol. The summed E-state index contributed by atoms with van der Waals surface area (Å²) in [6.45, 7) is 8.64. The van der Waals surface area contributed by atoms with Crippen LogP contribution < -0.4 is 14.8 Å². The van der Waals surface area contributed by atoms with E-state index in [4.69, 9.17) is 21.1 Å². The first-order valence-electron chi connectivity index (χ1n) is 9.90. The standard InChI is InChI=1S/C25H26ClNO3/c1-5-29-23-14-20(25(28)27-22-12-17(3)6-9-18(22)4)13-21(26)24(23)30-15-19-10-7-16(2)8-11-19/h6-14H,5,15H2,1-4H3,(H,27,28). The van der Waals surface area contributed by atoms with E-state index in [0.29, 0.717) is 35.3 Å². The third kappa shape index (κ3) is 5.33. The molecule has 0 unspecified atom stereocenters. The molecule has 30 heavy (non-hydrogen) atoms. The molecular formula is C25H26ClNO3. The Labute approximate surface area is 182 Å². The van der Waals surface area contributed by atoms with Crippen molar-refractivity contribution >= 4 is 23.2 Å². The predicted octanol–water partition coefficient (Wildman–Crippen LogP) is 6.50. The Hall–Kier alpha value is -2.98. The molecule has 5 heteroatoms. The zero-order valence-corrected chi connectivity index (χ0v) is 18.5. The molecule has 0 spiro atoms. The summed E-state index contributed by atoms with van der Waals surface area (Å²) < 4.78 is 11.7. The summed E-state index contributed by atoms with van der Waals surface area (Å²) in [5.41, 5.74) is 5.45. The molecule has 0 heterocycles. The average molecular weight is 424 g/mol. The number of benzene rings is 3. The van der Waals surface area contributed by atoms with Crippen molar-refractivity contribution in [3.05, 3.63) is 87.4 Å². The zero-order chi connectivity index (χ0) is 21.7. The van der Waals surface area contributed by atoms with Crippen LogP contribution in [0.15, 0.2) is 54.6 Å². The van der Waals surface area contributed by atoms with Crippen LogP contribution in [0, 0.1) is 20.8 Å². The SMILES string of the molecule is CCOc1cc(C(=O)Nc2cc(C)ccc2C)cc(Cl)c1OCc1ccc(C)cc1. The highest BCUT2D eigenvalue weighted by atomic mass is 35.5. The average Bonchev–Trinajstić information content (AvgIpc) is 2.71. The minimum atomic E-state index is -0.253. The van der Waals surface area contributed by atoms with Gasteiger partial charge in [-0.05, 0) is 62.6 Å². The third-order valence-corrected chi connectivity index (χ3v) is 5.00. The van der Waals surface area contributed by atoms with Crippen molar-refractivity contribution in [2.24, 2.45) is 0 Å². The summed E-state index contributed by atoms with van der Waals surface area (Å²) in [4.78, 5) is 12.8. The lowest BCUT2D eigenvalue weighted by molar-refractivity contribution is 0.102. The minimum Gasteiger partial charge on any atom is -0.490 e. The van der Waals surface area contributed by atoms with Gasteiger partial charge in [-0.2, -0.15) is 0 Å². The van der Waals surface area contributed by atoms with Crippen LogP contribution in [0.2, 0.25) is 5.02 Å². The fourth-order valence-electron chi connectivity index (χ4n) is 3.01. The molecule has 0 radical (unpaired) electrons. The van der Waals surface area contributed by atoms with E-state index in [1.807, 2.05) is 70.2 Å². The Morgan fingerprint density at radius 1 is 0.933 bits per heavy atom. The van der Waals surface area contributed by atoms with Crippen molar-refractivity contribution in [3.63, 3.8) is 0 Å². The van der Waals surface area contributed by atoms with Gasteiger partial charge in [0.1, 0.15) is 6.61 Å². The van der Waals surface area contributed by atoms with E-state index in [2.05, 4.69) is 5.32 Å². The first-order chi connectivity index (χ1) is 14.4. The Balaban J connectivity index is 1.83. The van der Waals surface area contributed by atoms with Crippen LogP contribution >= 0.6 is 11.6 Å². The number of hydrogen-bond donors (Lipinski definition) is 1. The van der Waals surface area contributed by atoms with Gasteiger partial charge in [-0.15, -0.1) is 0 Å². The number of halogens is 1. The summed E-state index contributed by atoms with van der Waals surface area (Å²) in [6.07, 6.45) is 0. The van der Waals surface area contributed by atoms with E-state index in [1.165, 1.54) is 5.56 Å². The number of anilines is 1. The number of rotatable bonds is 7. The van der Waals surface area contributed by atoms with E-state index in [1.54, 1.807) is 12.1 Å². The number of amides is 1. The molecule has 3 aromatic rings. The molecule has 156 valence electrons. The molecule has 0 aromatic heterocycles. The number of hydrogen-bond acceptors (Lipinski definition) is 3. The van der Waals surface area contributed by atoms with Gasteiger partial charge in [0.2, 0.25) is 0 Å². The third-order valence-electron chi connectivity index (χ3n) is 4.72. The van der Waals surface area contributed by atoms with Crippen molar-refractivity contribution in [2.45, 2.75) is 34.3 Å². The Bertz CT molecular complexity index is 1050. The van der Waals surface area contributed by atoms with Crippen LogP contribution in [-0.4, -0.2) is 12.5 Å². The highest BCUT2D eigenvalue weighted by Crippen LogP contribution is 2.37. The molecule has 0 aliphatic carbocycles. The molecule has 0 saturated heterocycles. The van der Waals surface area contributed by atoms with Crippen molar-refractivity contribution < 1.29 is 14.3 Å². The smallest absolute Gasteiger partial charge is 0.255 e. The van der Waals surface area contributed by atoms with Gasteiger partial charge < -0.3 is 14.8 Å². The van der Waals surface area contributed by atoms with E-state index >= 15 is 0 Å². The normalized spacial score (nSPS) is 10.6. The highest BCUT2D eigenvalue weighted by Gasteiger charge is 2.17. The Kier molecular flexibility index (Phi) is 7.01.